The van der Waals surface area contributed by atoms with Crippen molar-refractivity contribution < 1.29 is 17.9 Å². The van der Waals surface area contributed by atoms with E-state index in [-0.39, 0.29) is 24.7 Å². The summed E-state index contributed by atoms with van der Waals surface area (Å²) in [7, 11) is -3.06. The van der Waals surface area contributed by atoms with Gasteiger partial charge in [0.1, 0.15) is 6.61 Å². The van der Waals surface area contributed by atoms with Crippen LogP contribution >= 0.6 is 0 Å². The Morgan fingerprint density at radius 3 is 2.53 bits per heavy atom. The molecular weight excluding hydrogens is 216 g/mol. The van der Waals surface area contributed by atoms with Gasteiger partial charge in [-0.25, -0.2) is 8.42 Å². The van der Waals surface area contributed by atoms with Gasteiger partial charge in [-0.15, -0.1) is 6.58 Å². The molecule has 0 unspecified atom stereocenters. The van der Waals surface area contributed by atoms with Crippen LogP contribution in [-0.4, -0.2) is 39.7 Å². The third kappa shape index (κ3) is 9.49. The molecule has 0 heterocycles. The van der Waals surface area contributed by atoms with Crippen LogP contribution in [0.1, 0.15) is 6.92 Å². The van der Waals surface area contributed by atoms with Gasteiger partial charge in [0.2, 0.25) is 0 Å². The normalized spacial score (nSPS) is 11.8. The van der Waals surface area contributed by atoms with Crippen molar-refractivity contribution in [2.24, 2.45) is 0 Å². The highest BCUT2D eigenvalue weighted by Crippen LogP contribution is 1.92. The summed E-state index contributed by atoms with van der Waals surface area (Å²) in [6, 6.07) is 0. The zero-order chi connectivity index (χ0) is 11.6. The second-order valence-corrected chi connectivity index (χ2v) is 5.16. The number of hydrogen-bond donors (Lipinski definition) is 0. The number of hydrogen-bond acceptors (Lipinski definition) is 4. The van der Waals surface area contributed by atoms with Crippen LogP contribution < -0.4 is 0 Å². The van der Waals surface area contributed by atoms with E-state index in [1.54, 1.807) is 19.1 Å². The lowest BCUT2D eigenvalue weighted by atomic mass is 10.7. The fourth-order valence-electron chi connectivity index (χ4n) is 0.794. The SMILES string of the molecule is C=CCOCCS(=O)(=O)CCOC=CC. The molecule has 0 aromatic carbocycles. The molecule has 0 N–H and O–H groups in total. The average molecular weight is 234 g/mol. The zero-order valence-corrected chi connectivity index (χ0v) is 9.83. The summed E-state index contributed by atoms with van der Waals surface area (Å²) in [6.45, 7) is 6.04. The quantitative estimate of drug-likeness (QED) is 0.341. The zero-order valence-electron chi connectivity index (χ0n) is 9.02. The van der Waals surface area contributed by atoms with Gasteiger partial charge in [0, 0.05) is 0 Å². The molecule has 0 amide bonds. The molecule has 0 aromatic rings. The average Bonchev–Trinajstić information content (AvgIpc) is 2.20. The highest BCUT2D eigenvalue weighted by Gasteiger charge is 2.09. The second-order valence-electron chi connectivity index (χ2n) is 2.86. The van der Waals surface area contributed by atoms with E-state index in [0.717, 1.165) is 0 Å². The molecule has 0 rings (SSSR count). The number of ether oxygens (including phenoxy) is 2. The number of rotatable bonds is 9. The molecule has 4 nitrogen and oxygen atoms in total. The molecule has 0 aliphatic carbocycles. The molecule has 88 valence electrons. The molecule has 0 aromatic heterocycles. The Morgan fingerprint density at radius 2 is 1.93 bits per heavy atom. The van der Waals surface area contributed by atoms with E-state index in [9.17, 15) is 8.42 Å². The Morgan fingerprint density at radius 1 is 1.27 bits per heavy atom. The van der Waals surface area contributed by atoms with Crippen molar-refractivity contribution >= 4 is 9.84 Å². The van der Waals surface area contributed by atoms with Crippen LogP contribution in [-0.2, 0) is 19.3 Å². The summed E-state index contributed by atoms with van der Waals surface area (Å²) < 4.78 is 32.6. The Labute approximate surface area is 91.5 Å². The predicted molar refractivity (Wildman–Crippen MR) is 60.4 cm³/mol. The van der Waals surface area contributed by atoms with Crippen molar-refractivity contribution in [1.82, 2.24) is 0 Å². The van der Waals surface area contributed by atoms with E-state index in [2.05, 4.69) is 6.58 Å². The summed E-state index contributed by atoms with van der Waals surface area (Å²) in [4.78, 5) is 0. The maximum atomic E-state index is 11.3. The van der Waals surface area contributed by atoms with E-state index >= 15 is 0 Å². The first-order valence-electron chi connectivity index (χ1n) is 4.74. The Balaban J connectivity index is 3.63. The number of allylic oxidation sites excluding steroid dienone is 1. The number of sulfone groups is 1. The van der Waals surface area contributed by atoms with Crippen molar-refractivity contribution in [3.05, 3.63) is 25.0 Å². The minimum atomic E-state index is -3.06. The standard InChI is InChI=1S/C10H18O4S/c1-3-5-13-7-9-15(11,12)10-8-14-6-4-2/h3-4,6H,1,5,7-10H2,2H3. The van der Waals surface area contributed by atoms with Crippen LogP contribution in [0.15, 0.2) is 25.0 Å². The smallest absolute Gasteiger partial charge is 0.155 e. The predicted octanol–water partition coefficient (Wildman–Crippen LogP) is 1.15. The fourth-order valence-corrected chi connectivity index (χ4v) is 1.72. The highest BCUT2D eigenvalue weighted by molar-refractivity contribution is 7.91. The van der Waals surface area contributed by atoms with E-state index in [1.807, 2.05) is 0 Å². The van der Waals surface area contributed by atoms with E-state index in [0.29, 0.717) is 6.61 Å². The van der Waals surface area contributed by atoms with Gasteiger partial charge < -0.3 is 9.47 Å². The largest absolute Gasteiger partial charge is 0.500 e. The van der Waals surface area contributed by atoms with Gasteiger partial charge >= 0.3 is 0 Å². The van der Waals surface area contributed by atoms with E-state index < -0.39 is 9.84 Å². The van der Waals surface area contributed by atoms with Crippen LogP contribution in [0.4, 0.5) is 0 Å². The molecule has 0 saturated heterocycles. The van der Waals surface area contributed by atoms with Crippen LogP contribution in [0.5, 0.6) is 0 Å². The molecule has 0 radical (unpaired) electrons. The van der Waals surface area contributed by atoms with Crippen molar-refractivity contribution in [3.8, 4) is 0 Å². The van der Waals surface area contributed by atoms with Crippen LogP contribution in [0.2, 0.25) is 0 Å². The molecule has 0 atom stereocenters. The van der Waals surface area contributed by atoms with E-state index in [1.165, 1.54) is 6.26 Å². The van der Waals surface area contributed by atoms with Gasteiger partial charge in [0.15, 0.2) is 9.84 Å². The van der Waals surface area contributed by atoms with Crippen LogP contribution in [0.3, 0.4) is 0 Å². The molecule has 0 aliphatic heterocycles. The molecule has 0 aliphatic rings. The van der Waals surface area contributed by atoms with Gasteiger partial charge in [-0.2, -0.15) is 0 Å². The molecule has 0 saturated carbocycles. The first-order valence-corrected chi connectivity index (χ1v) is 6.56. The topological polar surface area (TPSA) is 52.6 Å². The lowest BCUT2D eigenvalue weighted by Crippen LogP contribution is -2.18. The fraction of sp³-hybridized carbons (Fsp3) is 0.600. The highest BCUT2D eigenvalue weighted by atomic mass is 32.2. The van der Waals surface area contributed by atoms with Crippen molar-refractivity contribution in [2.75, 3.05) is 31.3 Å². The Hall–Kier alpha value is -0.810. The van der Waals surface area contributed by atoms with Gasteiger partial charge in [-0.05, 0) is 6.92 Å². The van der Waals surface area contributed by atoms with Crippen molar-refractivity contribution in [1.29, 1.82) is 0 Å². The first kappa shape index (κ1) is 14.2. The summed E-state index contributed by atoms with van der Waals surface area (Å²) >= 11 is 0. The molecule has 0 spiro atoms. The van der Waals surface area contributed by atoms with Gasteiger partial charge in [0.05, 0.1) is 31.0 Å². The summed E-state index contributed by atoms with van der Waals surface area (Å²) in [6.07, 6.45) is 4.77. The Kier molecular flexibility index (Phi) is 8.04. The van der Waals surface area contributed by atoms with Crippen LogP contribution in [0.25, 0.3) is 0 Å². The lowest BCUT2D eigenvalue weighted by molar-refractivity contribution is 0.179. The first-order chi connectivity index (χ1) is 7.12. The Bertz CT molecular complexity index is 280. The molecule has 15 heavy (non-hydrogen) atoms. The molecule has 0 bridgehead atoms. The summed E-state index contributed by atoms with van der Waals surface area (Å²) in [5, 5.41) is 0. The van der Waals surface area contributed by atoms with Crippen LogP contribution in [0, 0.1) is 0 Å². The van der Waals surface area contributed by atoms with Gasteiger partial charge in [0.25, 0.3) is 0 Å². The molecular formula is C10H18O4S. The minimum absolute atomic E-state index is 0.0226. The van der Waals surface area contributed by atoms with E-state index in [4.69, 9.17) is 9.47 Å². The molecule has 5 heteroatoms. The lowest BCUT2D eigenvalue weighted by Gasteiger charge is -2.04. The maximum absolute atomic E-state index is 11.3. The molecule has 0 fully saturated rings. The summed E-state index contributed by atoms with van der Waals surface area (Å²) in [5.74, 6) is 0.0504. The maximum Gasteiger partial charge on any atom is 0.155 e. The van der Waals surface area contributed by atoms with Crippen molar-refractivity contribution in [2.45, 2.75) is 6.92 Å². The monoisotopic (exact) mass is 234 g/mol. The third-order valence-corrected chi connectivity index (χ3v) is 3.10. The van der Waals surface area contributed by atoms with Gasteiger partial charge in [-0.1, -0.05) is 12.2 Å². The second kappa shape index (κ2) is 8.49. The summed E-state index contributed by atoms with van der Waals surface area (Å²) in [5.41, 5.74) is 0. The van der Waals surface area contributed by atoms with Crippen molar-refractivity contribution in [3.63, 3.8) is 0 Å². The third-order valence-electron chi connectivity index (χ3n) is 1.52. The minimum Gasteiger partial charge on any atom is -0.500 e. The van der Waals surface area contributed by atoms with Gasteiger partial charge in [-0.3, -0.25) is 0 Å².